The van der Waals surface area contributed by atoms with Gasteiger partial charge < -0.3 is 10.2 Å². The lowest BCUT2D eigenvalue weighted by molar-refractivity contribution is -0.134. The highest BCUT2D eigenvalue weighted by Crippen LogP contribution is 2.10. The van der Waals surface area contributed by atoms with Gasteiger partial charge in [-0.05, 0) is 12.8 Å². The number of likely N-dealkylation sites (tertiary alicyclic amines) is 1. The predicted octanol–water partition coefficient (Wildman–Crippen LogP) is 0.788. The number of hydrogen-bond acceptors (Lipinski definition) is 3. The topological polar surface area (TPSA) is 52.7 Å². The molecule has 0 spiro atoms. The number of nitrogens with one attached hydrogen (secondary N) is 1. The molecule has 1 atom stereocenters. The highest BCUT2D eigenvalue weighted by Gasteiger charge is 2.24. The highest BCUT2D eigenvalue weighted by molar-refractivity contribution is 5.78. The number of carbonyl (C=O) groups excluding carboxylic acids is 2. The quantitative estimate of drug-likeness (QED) is 0.701. The molecule has 0 saturated carbocycles. The van der Waals surface area contributed by atoms with Crippen molar-refractivity contribution in [1.82, 2.24) is 15.1 Å². The van der Waals surface area contributed by atoms with E-state index < -0.39 is 0 Å². The fourth-order valence-electron chi connectivity index (χ4n) is 2.47. The second-order valence-electron chi connectivity index (χ2n) is 5.15. The SMILES string of the molecule is C=CCN(CC=C)CC(=O)N1CCCC(NC(C)=O)C1. The van der Waals surface area contributed by atoms with Gasteiger partial charge in [0.25, 0.3) is 0 Å². The molecule has 1 N–H and O–H groups in total. The maximum Gasteiger partial charge on any atom is 0.236 e. The molecule has 112 valence electrons. The van der Waals surface area contributed by atoms with E-state index in [9.17, 15) is 9.59 Å². The lowest BCUT2D eigenvalue weighted by Gasteiger charge is -2.34. The van der Waals surface area contributed by atoms with Gasteiger partial charge in [0, 0.05) is 39.1 Å². The minimum Gasteiger partial charge on any atom is -0.352 e. The van der Waals surface area contributed by atoms with Crippen molar-refractivity contribution in [3.63, 3.8) is 0 Å². The van der Waals surface area contributed by atoms with Gasteiger partial charge in [-0.3, -0.25) is 14.5 Å². The average molecular weight is 279 g/mol. The Kier molecular flexibility index (Phi) is 7.01. The lowest BCUT2D eigenvalue weighted by atomic mass is 10.1. The lowest BCUT2D eigenvalue weighted by Crippen LogP contribution is -2.51. The Bertz CT molecular complexity index is 358. The van der Waals surface area contributed by atoms with Crippen molar-refractivity contribution in [1.29, 1.82) is 0 Å². The van der Waals surface area contributed by atoms with Crippen molar-refractivity contribution in [3.05, 3.63) is 25.3 Å². The van der Waals surface area contributed by atoms with Crippen molar-refractivity contribution in [2.45, 2.75) is 25.8 Å². The van der Waals surface area contributed by atoms with E-state index >= 15 is 0 Å². The van der Waals surface area contributed by atoms with Gasteiger partial charge in [-0.1, -0.05) is 12.2 Å². The summed E-state index contributed by atoms with van der Waals surface area (Å²) in [6, 6.07) is 0.0810. The standard InChI is InChI=1S/C15H25N3O2/c1-4-8-17(9-5-2)12-15(20)18-10-6-7-14(11-18)16-13(3)19/h4-5,14H,1-2,6-12H2,3H3,(H,16,19). The van der Waals surface area contributed by atoms with Crippen LogP contribution in [0.2, 0.25) is 0 Å². The predicted molar refractivity (Wildman–Crippen MR) is 80.3 cm³/mol. The van der Waals surface area contributed by atoms with E-state index in [2.05, 4.69) is 18.5 Å². The van der Waals surface area contributed by atoms with Crippen LogP contribution < -0.4 is 5.32 Å². The fraction of sp³-hybridized carbons (Fsp3) is 0.600. The van der Waals surface area contributed by atoms with Gasteiger partial charge in [0.15, 0.2) is 0 Å². The monoisotopic (exact) mass is 279 g/mol. The first-order valence-corrected chi connectivity index (χ1v) is 7.05. The zero-order chi connectivity index (χ0) is 15.0. The first kappa shape index (κ1) is 16.4. The summed E-state index contributed by atoms with van der Waals surface area (Å²) in [6.07, 6.45) is 5.44. The number of nitrogens with zero attached hydrogens (tertiary/aromatic N) is 2. The van der Waals surface area contributed by atoms with Crippen LogP contribution in [-0.2, 0) is 9.59 Å². The summed E-state index contributed by atoms with van der Waals surface area (Å²) in [7, 11) is 0. The Balaban J connectivity index is 2.50. The van der Waals surface area contributed by atoms with Gasteiger partial charge in [0.2, 0.25) is 11.8 Å². The van der Waals surface area contributed by atoms with E-state index in [1.807, 2.05) is 9.80 Å². The molecule has 0 radical (unpaired) electrons. The Labute approximate surface area is 121 Å². The minimum atomic E-state index is -0.0377. The molecule has 1 fully saturated rings. The van der Waals surface area contributed by atoms with Crippen LogP contribution >= 0.6 is 0 Å². The van der Waals surface area contributed by atoms with Crippen LogP contribution in [0.1, 0.15) is 19.8 Å². The summed E-state index contributed by atoms with van der Waals surface area (Å²) in [4.78, 5) is 27.2. The van der Waals surface area contributed by atoms with Gasteiger partial charge in [-0.15, -0.1) is 13.2 Å². The van der Waals surface area contributed by atoms with Crippen LogP contribution in [-0.4, -0.2) is 60.4 Å². The summed E-state index contributed by atoms with van der Waals surface area (Å²) >= 11 is 0. The summed E-state index contributed by atoms with van der Waals surface area (Å²) in [5.41, 5.74) is 0. The number of rotatable bonds is 7. The van der Waals surface area contributed by atoms with Crippen molar-refractivity contribution in [2.24, 2.45) is 0 Å². The summed E-state index contributed by atoms with van der Waals surface area (Å²) in [5, 5.41) is 2.89. The minimum absolute atomic E-state index is 0.0377. The Hall–Kier alpha value is -1.62. The molecule has 1 heterocycles. The fourth-order valence-corrected chi connectivity index (χ4v) is 2.47. The molecule has 0 aromatic heterocycles. The molecule has 0 bridgehead atoms. The number of carbonyl (C=O) groups is 2. The zero-order valence-corrected chi connectivity index (χ0v) is 12.3. The van der Waals surface area contributed by atoms with Crippen LogP contribution in [0.25, 0.3) is 0 Å². The molecular formula is C15H25N3O2. The van der Waals surface area contributed by atoms with Crippen molar-refractivity contribution in [2.75, 3.05) is 32.7 Å². The molecule has 0 aromatic carbocycles. The van der Waals surface area contributed by atoms with E-state index in [1.165, 1.54) is 6.92 Å². The summed E-state index contributed by atoms with van der Waals surface area (Å²) in [5.74, 6) is 0.0630. The first-order valence-electron chi connectivity index (χ1n) is 7.05. The number of hydrogen-bond donors (Lipinski definition) is 1. The largest absolute Gasteiger partial charge is 0.352 e. The molecule has 1 aliphatic rings. The average Bonchev–Trinajstić information content (AvgIpc) is 2.38. The molecule has 1 aliphatic heterocycles. The third-order valence-corrected chi connectivity index (χ3v) is 3.31. The smallest absolute Gasteiger partial charge is 0.236 e. The zero-order valence-electron chi connectivity index (χ0n) is 12.3. The van der Waals surface area contributed by atoms with Crippen molar-refractivity contribution < 1.29 is 9.59 Å². The van der Waals surface area contributed by atoms with E-state index in [0.29, 0.717) is 26.2 Å². The number of amides is 2. The van der Waals surface area contributed by atoms with E-state index in [1.54, 1.807) is 12.2 Å². The Morgan fingerprint density at radius 1 is 1.35 bits per heavy atom. The van der Waals surface area contributed by atoms with E-state index in [0.717, 1.165) is 19.4 Å². The van der Waals surface area contributed by atoms with Crippen LogP contribution in [0.3, 0.4) is 0 Å². The van der Waals surface area contributed by atoms with Gasteiger partial charge in [0.05, 0.1) is 6.54 Å². The van der Waals surface area contributed by atoms with Crippen molar-refractivity contribution >= 4 is 11.8 Å². The van der Waals surface area contributed by atoms with Gasteiger partial charge >= 0.3 is 0 Å². The molecule has 0 aromatic rings. The molecule has 5 nitrogen and oxygen atoms in total. The molecule has 1 saturated heterocycles. The molecule has 1 unspecified atom stereocenters. The Morgan fingerprint density at radius 3 is 2.55 bits per heavy atom. The maximum atomic E-state index is 12.3. The maximum absolute atomic E-state index is 12.3. The third-order valence-electron chi connectivity index (χ3n) is 3.31. The van der Waals surface area contributed by atoms with Crippen molar-refractivity contribution in [3.8, 4) is 0 Å². The first-order chi connectivity index (χ1) is 9.56. The number of piperidine rings is 1. The molecule has 20 heavy (non-hydrogen) atoms. The molecular weight excluding hydrogens is 254 g/mol. The molecule has 0 aliphatic carbocycles. The third kappa shape index (κ3) is 5.57. The molecule has 1 rings (SSSR count). The molecule has 2 amide bonds. The second-order valence-corrected chi connectivity index (χ2v) is 5.15. The van der Waals surface area contributed by atoms with Crippen LogP contribution in [0, 0.1) is 0 Å². The summed E-state index contributed by atoms with van der Waals surface area (Å²) < 4.78 is 0. The van der Waals surface area contributed by atoms with Gasteiger partial charge in [-0.2, -0.15) is 0 Å². The van der Waals surface area contributed by atoms with Gasteiger partial charge in [-0.25, -0.2) is 0 Å². The highest BCUT2D eigenvalue weighted by atomic mass is 16.2. The normalized spacial score (nSPS) is 18.7. The van der Waals surface area contributed by atoms with Gasteiger partial charge in [0.1, 0.15) is 0 Å². The van der Waals surface area contributed by atoms with Crippen LogP contribution in [0.4, 0.5) is 0 Å². The van der Waals surface area contributed by atoms with Crippen LogP contribution in [0.5, 0.6) is 0 Å². The Morgan fingerprint density at radius 2 is 2.00 bits per heavy atom. The van der Waals surface area contributed by atoms with E-state index in [4.69, 9.17) is 0 Å². The second kappa shape index (κ2) is 8.53. The van der Waals surface area contributed by atoms with Crippen LogP contribution in [0.15, 0.2) is 25.3 Å². The molecule has 5 heteroatoms. The summed E-state index contributed by atoms with van der Waals surface area (Å²) in [6.45, 7) is 12.0. The van der Waals surface area contributed by atoms with E-state index in [-0.39, 0.29) is 17.9 Å².